The van der Waals surface area contributed by atoms with Gasteiger partial charge in [0.2, 0.25) is 0 Å². The van der Waals surface area contributed by atoms with Gasteiger partial charge in [-0.25, -0.2) is 0 Å². The summed E-state index contributed by atoms with van der Waals surface area (Å²) in [5, 5.41) is 4.39. The Hall–Kier alpha value is -1.97. The molecular weight excluding hydrogens is 333 g/mol. The summed E-state index contributed by atoms with van der Waals surface area (Å²) >= 11 is 11.9. The van der Waals surface area contributed by atoms with Crippen LogP contribution in [0.1, 0.15) is 16.8 Å². The third kappa shape index (κ3) is 3.87. The largest absolute Gasteiger partial charge is 0.495 e. The van der Waals surface area contributed by atoms with Crippen molar-refractivity contribution in [2.45, 2.75) is 12.5 Å². The topological polar surface area (TPSA) is 38.3 Å². The van der Waals surface area contributed by atoms with Gasteiger partial charge in [-0.2, -0.15) is 0 Å². The van der Waals surface area contributed by atoms with Gasteiger partial charge in [0.25, 0.3) is 0 Å². The summed E-state index contributed by atoms with van der Waals surface area (Å²) < 4.78 is 5.60. The van der Waals surface area contributed by atoms with Gasteiger partial charge in [-0.1, -0.05) is 35.3 Å². The molecule has 1 aliphatic rings. The number of rotatable bonds is 5. The second kappa shape index (κ2) is 7.07. The first-order valence-corrected chi connectivity index (χ1v) is 8.04. The lowest BCUT2D eigenvalue weighted by Crippen LogP contribution is -2.32. The number of ketones is 1. The molecule has 0 bridgehead atoms. The van der Waals surface area contributed by atoms with Crippen LogP contribution in [-0.2, 0) is 4.74 Å². The van der Waals surface area contributed by atoms with Gasteiger partial charge in [0.15, 0.2) is 5.78 Å². The molecule has 0 spiro atoms. The molecule has 0 aromatic heterocycles. The van der Waals surface area contributed by atoms with E-state index in [0.717, 1.165) is 12.1 Å². The zero-order chi connectivity index (χ0) is 16.2. The molecule has 0 saturated carbocycles. The number of benzene rings is 2. The minimum absolute atomic E-state index is 0.0874. The van der Waals surface area contributed by atoms with E-state index in [9.17, 15) is 4.79 Å². The van der Waals surface area contributed by atoms with Crippen molar-refractivity contribution < 1.29 is 9.53 Å². The minimum Gasteiger partial charge on any atom is -0.495 e. The highest BCUT2D eigenvalue weighted by Gasteiger charge is 2.27. The van der Waals surface area contributed by atoms with E-state index >= 15 is 0 Å². The average Bonchev–Trinajstić information content (AvgIpc) is 3.08. The monoisotopic (exact) mass is 347 g/mol. The lowest BCUT2D eigenvalue weighted by molar-refractivity contribution is 0.0953. The van der Waals surface area contributed by atoms with Crippen molar-refractivity contribution in [2.24, 2.45) is 0 Å². The third-order valence-corrected chi connectivity index (χ3v) is 4.03. The molecule has 0 radical (unpaired) electrons. The van der Waals surface area contributed by atoms with E-state index in [1.54, 1.807) is 36.4 Å². The molecule has 23 heavy (non-hydrogen) atoms. The van der Waals surface area contributed by atoms with Crippen LogP contribution >= 0.6 is 23.2 Å². The number of halogens is 2. The van der Waals surface area contributed by atoms with Crippen LogP contribution in [0.15, 0.2) is 60.4 Å². The zero-order valence-electron chi connectivity index (χ0n) is 12.3. The summed E-state index contributed by atoms with van der Waals surface area (Å²) in [6.45, 7) is 0.594. The summed E-state index contributed by atoms with van der Waals surface area (Å²) in [7, 11) is 0. The number of Topliss-reactive ketones (excluding diaryl/α,β-unsaturated/α-hetero) is 1. The maximum atomic E-state index is 12.9. The molecule has 118 valence electrons. The number of carbonyl (C=O) groups excluding carboxylic acids is 1. The number of nitrogens with one attached hydrogen (secondary N) is 1. The Bertz CT molecular complexity index is 741. The van der Waals surface area contributed by atoms with Crippen LogP contribution in [0.5, 0.6) is 0 Å². The Labute approximate surface area is 144 Å². The molecular formula is C18H15Cl2NO2. The minimum atomic E-state index is -0.586. The summed E-state index contributed by atoms with van der Waals surface area (Å²) in [5.74, 6) is 0.556. The van der Waals surface area contributed by atoms with Crippen LogP contribution < -0.4 is 5.32 Å². The summed E-state index contributed by atoms with van der Waals surface area (Å²) in [5.41, 5.74) is 1.34. The Morgan fingerprint density at radius 3 is 2.52 bits per heavy atom. The van der Waals surface area contributed by atoms with Crippen LogP contribution in [0.4, 0.5) is 5.69 Å². The van der Waals surface area contributed by atoms with E-state index in [1.807, 2.05) is 18.2 Å². The Balaban J connectivity index is 1.89. The number of hydrogen-bond acceptors (Lipinski definition) is 3. The van der Waals surface area contributed by atoms with Gasteiger partial charge in [0, 0.05) is 27.7 Å². The lowest BCUT2D eigenvalue weighted by atomic mass is 10.0. The predicted octanol–water partition coefficient (Wildman–Crippen LogP) is 4.96. The third-order valence-electron chi connectivity index (χ3n) is 3.54. The van der Waals surface area contributed by atoms with Gasteiger partial charge in [0.1, 0.15) is 11.8 Å². The smallest absolute Gasteiger partial charge is 0.192 e. The van der Waals surface area contributed by atoms with Gasteiger partial charge >= 0.3 is 0 Å². The van der Waals surface area contributed by atoms with Crippen molar-refractivity contribution in [2.75, 3.05) is 11.9 Å². The molecule has 0 amide bonds. The van der Waals surface area contributed by atoms with E-state index in [-0.39, 0.29) is 5.78 Å². The quantitative estimate of drug-likeness (QED) is 0.776. The van der Waals surface area contributed by atoms with Crippen LogP contribution in [-0.4, -0.2) is 18.4 Å². The van der Waals surface area contributed by atoms with Crippen molar-refractivity contribution >= 4 is 34.7 Å². The van der Waals surface area contributed by atoms with Crippen LogP contribution in [0.25, 0.3) is 0 Å². The first-order valence-electron chi connectivity index (χ1n) is 7.28. The molecule has 0 unspecified atom stereocenters. The highest BCUT2D eigenvalue weighted by molar-refractivity contribution is 6.31. The first kappa shape index (κ1) is 15.9. The van der Waals surface area contributed by atoms with Gasteiger partial charge in [-0.3, -0.25) is 4.79 Å². The Morgan fingerprint density at radius 2 is 1.87 bits per heavy atom. The van der Waals surface area contributed by atoms with Crippen LogP contribution in [0.3, 0.4) is 0 Å². The standard InChI is InChI=1S/C18H15Cl2NO2/c19-13-6-8-15(9-7-13)21-17(16-5-2-10-23-16)18(22)12-3-1-4-14(20)11-12/h1,3-9,11,17,21H,2,10H2/t17-/m0/s1. The molecule has 2 aromatic rings. The van der Waals surface area contributed by atoms with Gasteiger partial charge < -0.3 is 10.1 Å². The lowest BCUT2D eigenvalue weighted by Gasteiger charge is -2.20. The van der Waals surface area contributed by atoms with E-state index in [1.165, 1.54) is 0 Å². The number of carbonyl (C=O) groups is 1. The number of hydrogen-bond donors (Lipinski definition) is 1. The predicted molar refractivity (Wildman–Crippen MR) is 93.3 cm³/mol. The Morgan fingerprint density at radius 1 is 1.09 bits per heavy atom. The van der Waals surface area contributed by atoms with Crippen molar-refractivity contribution in [1.82, 2.24) is 0 Å². The van der Waals surface area contributed by atoms with E-state index in [2.05, 4.69) is 5.32 Å². The second-order valence-electron chi connectivity index (χ2n) is 5.20. The number of anilines is 1. The van der Waals surface area contributed by atoms with Crippen molar-refractivity contribution in [3.05, 3.63) is 76.0 Å². The summed E-state index contributed by atoms with van der Waals surface area (Å²) in [6, 6.07) is 13.5. The highest BCUT2D eigenvalue weighted by atomic mass is 35.5. The summed E-state index contributed by atoms with van der Waals surface area (Å²) in [6.07, 6.45) is 2.74. The molecule has 1 heterocycles. The first-order chi connectivity index (χ1) is 11.1. The van der Waals surface area contributed by atoms with Crippen LogP contribution in [0, 0.1) is 0 Å². The Kier molecular flexibility index (Phi) is 4.89. The van der Waals surface area contributed by atoms with E-state index < -0.39 is 6.04 Å². The highest BCUT2D eigenvalue weighted by Crippen LogP contribution is 2.23. The van der Waals surface area contributed by atoms with Gasteiger partial charge in [-0.05, 0) is 42.5 Å². The van der Waals surface area contributed by atoms with Gasteiger partial charge in [0.05, 0.1) is 6.61 Å². The van der Waals surface area contributed by atoms with E-state index in [4.69, 9.17) is 27.9 Å². The maximum absolute atomic E-state index is 12.9. The normalized spacial score (nSPS) is 14.8. The molecule has 0 saturated heterocycles. The average molecular weight is 348 g/mol. The second-order valence-corrected chi connectivity index (χ2v) is 6.08. The maximum Gasteiger partial charge on any atom is 0.192 e. The molecule has 0 fully saturated rings. The van der Waals surface area contributed by atoms with Crippen molar-refractivity contribution in [1.29, 1.82) is 0 Å². The number of ether oxygens (including phenoxy) is 1. The fourth-order valence-electron chi connectivity index (χ4n) is 2.43. The molecule has 1 N–H and O–H groups in total. The fourth-order valence-corrected chi connectivity index (χ4v) is 2.74. The molecule has 3 rings (SSSR count). The van der Waals surface area contributed by atoms with Gasteiger partial charge in [-0.15, -0.1) is 0 Å². The molecule has 1 atom stereocenters. The van der Waals surface area contributed by atoms with Crippen LogP contribution in [0.2, 0.25) is 10.0 Å². The molecule has 0 aliphatic carbocycles. The SMILES string of the molecule is O=C(c1cccc(Cl)c1)[C@@H](Nc1ccc(Cl)cc1)C1=CCCO1. The fraction of sp³-hybridized carbons (Fsp3) is 0.167. The molecule has 1 aliphatic heterocycles. The van der Waals surface area contributed by atoms with Crippen molar-refractivity contribution in [3.63, 3.8) is 0 Å². The molecule has 5 heteroatoms. The zero-order valence-corrected chi connectivity index (χ0v) is 13.8. The van der Waals surface area contributed by atoms with E-state index in [0.29, 0.717) is 28.0 Å². The summed E-state index contributed by atoms with van der Waals surface area (Å²) in [4.78, 5) is 12.9. The van der Waals surface area contributed by atoms with Crippen molar-refractivity contribution in [3.8, 4) is 0 Å². The molecule has 3 nitrogen and oxygen atoms in total. The molecule has 2 aromatic carbocycles.